The first kappa shape index (κ1) is 13.3. The van der Waals surface area contributed by atoms with Crippen LogP contribution < -0.4 is 14.8 Å². The molecule has 1 N–H and O–H groups in total. The first-order valence-electron chi connectivity index (χ1n) is 6.39. The summed E-state index contributed by atoms with van der Waals surface area (Å²) < 4.78 is 12.7. The normalized spacial score (nSPS) is 14.9. The second-order valence-electron chi connectivity index (χ2n) is 4.70. The minimum atomic E-state index is 0.475. The van der Waals surface area contributed by atoms with E-state index in [1.165, 1.54) is 0 Å². The second kappa shape index (κ2) is 5.34. The maximum absolute atomic E-state index is 6.23. The van der Waals surface area contributed by atoms with Crippen LogP contribution in [0.3, 0.4) is 0 Å². The first-order valence-corrected chi connectivity index (χ1v) is 6.77. The van der Waals surface area contributed by atoms with Crippen molar-refractivity contribution in [3.63, 3.8) is 0 Å². The summed E-state index contributed by atoms with van der Waals surface area (Å²) in [4.78, 5) is 4.25. The number of aromatic nitrogens is 2. The zero-order chi connectivity index (χ0) is 14.1. The molecule has 0 radical (unpaired) electrons. The number of hydrogen-bond acceptors (Lipinski definition) is 4. The molecule has 20 heavy (non-hydrogen) atoms. The molecule has 0 unspecified atom stereocenters. The molecule has 0 saturated carbocycles. The Morgan fingerprint density at radius 1 is 1.25 bits per heavy atom. The third-order valence-corrected chi connectivity index (χ3v) is 3.88. The average molecular weight is 294 g/mol. The van der Waals surface area contributed by atoms with Gasteiger partial charge < -0.3 is 14.8 Å². The highest BCUT2D eigenvalue weighted by molar-refractivity contribution is 6.32. The molecule has 2 aromatic rings. The molecule has 1 saturated heterocycles. The van der Waals surface area contributed by atoms with Gasteiger partial charge in [0, 0.05) is 37.0 Å². The Balaban J connectivity index is 2.09. The van der Waals surface area contributed by atoms with Gasteiger partial charge in [-0.1, -0.05) is 11.6 Å². The summed E-state index contributed by atoms with van der Waals surface area (Å²) in [5, 5.41) is 3.82. The van der Waals surface area contributed by atoms with Crippen molar-refractivity contribution in [3.05, 3.63) is 35.4 Å². The summed E-state index contributed by atoms with van der Waals surface area (Å²) in [7, 11) is 3.22. The van der Waals surface area contributed by atoms with Gasteiger partial charge >= 0.3 is 0 Å². The van der Waals surface area contributed by atoms with Gasteiger partial charge in [0.25, 0.3) is 0 Å². The zero-order valence-electron chi connectivity index (χ0n) is 11.4. The standard InChI is InChI=1S/C14H16ClN3O2/c1-19-13-4-14(20-2)11(3-10(13)15)18-8-17-7-12(18)9-5-16-6-9/h3-4,7-9,16H,5-6H2,1-2H3. The van der Waals surface area contributed by atoms with E-state index in [0.717, 1.165) is 24.5 Å². The summed E-state index contributed by atoms with van der Waals surface area (Å²) in [5.41, 5.74) is 2.03. The number of methoxy groups -OCH3 is 2. The first-order chi connectivity index (χ1) is 9.74. The van der Waals surface area contributed by atoms with E-state index in [9.17, 15) is 0 Å². The molecule has 5 nitrogen and oxygen atoms in total. The lowest BCUT2D eigenvalue weighted by molar-refractivity contribution is 0.391. The number of nitrogens with one attached hydrogen (secondary N) is 1. The molecule has 6 heteroatoms. The predicted molar refractivity (Wildman–Crippen MR) is 77.3 cm³/mol. The van der Waals surface area contributed by atoms with Crippen LogP contribution >= 0.6 is 11.6 Å². The molecule has 0 aliphatic carbocycles. The fourth-order valence-electron chi connectivity index (χ4n) is 2.34. The number of imidazole rings is 1. The zero-order valence-corrected chi connectivity index (χ0v) is 12.1. The van der Waals surface area contributed by atoms with Crippen LogP contribution in [0.15, 0.2) is 24.7 Å². The molecule has 1 aromatic heterocycles. The summed E-state index contributed by atoms with van der Waals surface area (Å²) in [6.45, 7) is 1.94. The molecular formula is C14H16ClN3O2. The average Bonchev–Trinajstić information content (AvgIpc) is 2.85. The van der Waals surface area contributed by atoms with Crippen molar-refractivity contribution in [2.75, 3.05) is 27.3 Å². The van der Waals surface area contributed by atoms with Gasteiger partial charge in [-0.05, 0) is 6.07 Å². The molecule has 0 spiro atoms. The van der Waals surface area contributed by atoms with Crippen molar-refractivity contribution < 1.29 is 9.47 Å². The van der Waals surface area contributed by atoms with E-state index in [4.69, 9.17) is 21.1 Å². The van der Waals surface area contributed by atoms with E-state index in [1.54, 1.807) is 26.6 Å². The van der Waals surface area contributed by atoms with Crippen LogP contribution in [0.4, 0.5) is 0 Å². The van der Waals surface area contributed by atoms with E-state index in [1.807, 2.05) is 16.8 Å². The van der Waals surface area contributed by atoms with E-state index in [-0.39, 0.29) is 0 Å². The molecule has 2 heterocycles. The Kier molecular flexibility index (Phi) is 3.54. The number of benzene rings is 1. The minimum absolute atomic E-state index is 0.475. The maximum atomic E-state index is 6.23. The number of nitrogens with zero attached hydrogens (tertiary/aromatic N) is 2. The lowest BCUT2D eigenvalue weighted by atomic mass is 9.99. The lowest BCUT2D eigenvalue weighted by Gasteiger charge is -2.28. The highest BCUT2D eigenvalue weighted by atomic mass is 35.5. The highest BCUT2D eigenvalue weighted by Gasteiger charge is 2.24. The smallest absolute Gasteiger partial charge is 0.146 e. The molecule has 3 rings (SSSR count). The fourth-order valence-corrected chi connectivity index (χ4v) is 2.57. The summed E-state index contributed by atoms with van der Waals surface area (Å²) >= 11 is 6.23. The van der Waals surface area contributed by atoms with Crippen molar-refractivity contribution in [2.45, 2.75) is 5.92 Å². The van der Waals surface area contributed by atoms with Crippen LogP contribution in [0.25, 0.3) is 5.69 Å². The van der Waals surface area contributed by atoms with Crippen LogP contribution in [0.1, 0.15) is 11.6 Å². The van der Waals surface area contributed by atoms with E-state index in [0.29, 0.717) is 22.4 Å². The van der Waals surface area contributed by atoms with Crippen LogP contribution in [-0.4, -0.2) is 36.9 Å². The number of hydrogen-bond donors (Lipinski definition) is 1. The summed E-state index contributed by atoms with van der Waals surface area (Å²) in [6, 6.07) is 3.64. The molecule has 0 bridgehead atoms. The van der Waals surface area contributed by atoms with Gasteiger partial charge in [0.2, 0.25) is 0 Å². The van der Waals surface area contributed by atoms with Crippen molar-refractivity contribution in [1.29, 1.82) is 0 Å². The van der Waals surface area contributed by atoms with Crippen molar-refractivity contribution in [1.82, 2.24) is 14.9 Å². The monoisotopic (exact) mass is 293 g/mol. The predicted octanol–water partition coefficient (Wildman–Crippen LogP) is 2.23. The Bertz CT molecular complexity index is 623. The van der Waals surface area contributed by atoms with Gasteiger partial charge in [0.15, 0.2) is 0 Å². The lowest BCUT2D eigenvalue weighted by Crippen LogP contribution is -2.40. The van der Waals surface area contributed by atoms with Gasteiger partial charge in [0.1, 0.15) is 11.5 Å². The van der Waals surface area contributed by atoms with Gasteiger partial charge in [0.05, 0.1) is 31.3 Å². The van der Waals surface area contributed by atoms with Gasteiger partial charge in [-0.15, -0.1) is 0 Å². The molecule has 1 aromatic carbocycles. The number of rotatable bonds is 4. The van der Waals surface area contributed by atoms with Crippen molar-refractivity contribution in [3.8, 4) is 17.2 Å². The Labute approximate surface area is 122 Å². The van der Waals surface area contributed by atoms with Crippen LogP contribution in [0.2, 0.25) is 5.02 Å². The number of halogens is 1. The SMILES string of the molecule is COc1cc(OC)c(-n2cncc2C2CNC2)cc1Cl. The highest BCUT2D eigenvalue weighted by Crippen LogP contribution is 2.36. The largest absolute Gasteiger partial charge is 0.495 e. The quantitative estimate of drug-likeness (QED) is 0.939. The van der Waals surface area contributed by atoms with Gasteiger partial charge in [-0.3, -0.25) is 4.57 Å². The van der Waals surface area contributed by atoms with Crippen molar-refractivity contribution >= 4 is 11.6 Å². The topological polar surface area (TPSA) is 48.3 Å². The van der Waals surface area contributed by atoms with Gasteiger partial charge in [-0.2, -0.15) is 0 Å². The van der Waals surface area contributed by atoms with Crippen molar-refractivity contribution in [2.24, 2.45) is 0 Å². The molecule has 1 aliphatic heterocycles. The Morgan fingerprint density at radius 3 is 2.60 bits per heavy atom. The third kappa shape index (κ3) is 2.13. The Morgan fingerprint density at radius 2 is 2.00 bits per heavy atom. The summed E-state index contributed by atoms with van der Waals surface area (Å²) in [6.07, 6.45) is 3.68. The van der Waals surface area contributed by atoms with Crippen LogP contribution in [-0.2, 0) is 0 Å². The fraction of sp³-hybridized carbons (Fsp3) is 0.357. The second-order valence-corrected chi connectivity index (χ2v) is 5.11. The summed E-state index contributed by atoms with van der Waals surface area (Å²) in [5.74, 6) is 1.78. The van der Waals surface area contributed by atoms with Crippen LogP contribution in [0, 0.1) is 0 Å². The number of ether oxygens (including phenoxy) is 2. The molecular weight excluding hydrogens is 278 g/mol. The molecule has 1 aliphatic rings. The van der Waals surface area contributed by atoms with E-state index >= 15 is 0 Å². The van der Waals surface area contributed by atoms with E-state index in [2.05, 4.69) is 10.3 Å². The molecule has 0 atom stereocenters. The molecule has 0 amide bonds. The maximum Gasteiger partial charge on any atom is 0.146 e. The molecule has 106 valence electrons. The molecule has 1 fully saturated rings. The Hall–Kier alpha value is -1.72. The van der Waals surface area contributed by atoms with Gasteiger partial charge in [-0.25, -0.2) is 4.98 Å². The third-order valence-electron chi connectivity index (χ3n) is 3.58. The van der Waals surface area contributed by atoms with Crippen LogP contribution in [0.5, 0.6) is 11.5 Å². The van der Waals surface area contributed by atoms with E-state index < -0.39 is 0 Å². The minimum Gasteiger partial charge on any atom is -0.495 e.